The lowest BCUT2D eigenvalue weighted by molar-refractivity contribution is -0.509. The lowest BCUT2D eigenvalue weighted by atomic mass is 10.1. The van der Waals surface area contributed by atoms with Gasteiger partial charge in [0.1, 0.15) is 5.75 Å². The van der Waals surface area contributed by atoms with E-state index in [1.165, 1.54) is 4.90 Å². The highest BCUT2D eigenvalue weighted by molar-refractivity contribution is 6.31. The van der Waals surface area contributed by atoms with Crippen molar-refractivity contribution in [2.75, 3.05) is 31.1 Å². The van der Waals surface area contributed by atoms with Gasteiger partial charge in [0, 0.05) is 29.4 Å². The number of amides is 3. The van der Waals surface area contributed by atoms with Gasteiger partial charge in [0.15, 0.2) is 0 Å². The number of hydrogen-bond donors (Lipinski definition) is 1. The van der Waals surface area contributed by atoms with Gasteiger partial charge in [0.2, 0.25) is 0 Å². The first-order valence-corrected chi connectivity index (χ1v) is 9.33. The van der Waals surface area contributed by atoms with E-state index in [0.717, 1.165) is 16.1 Å². The van der Waals surface area contributed by atoms with E-state index in [1.807, 2.05) is 56.9 Å². The van der Waals surface area contributed by atoms with E-state index in [4.69, 9.17) is 4.74 Å². The van der Waals surface area contributed by atoms with Gasteiger partial charge >= 0.3 is 11.8 Å². The first-order chi connectivity index (χ1) is 13.2. The van der Waals surface area contributed by atoms with Crippen LogP contribution < -0.4 is 15.0 Å². The van der Waals surface area contributed by atoms with E-state index < -0.39 is 23.6 Å². The van der Waals surface area contributed by atoms with Gasteiger partial charge in [-0.05, 0) is 56.7 Å². The summed E-state index contributed by atoms with van der Waals surface area (Å²) in [7, 11) is 0. The summed E-state index contributed by atoms with van der Waals surface area (Å²) in [5.74, 6) is -1.03. The van der Waals surface area contributed by atoms with Crippen LogP contribution in [0.1, 0.15) is 27.7 Å². The van der Waals surface area contributed by atoms with Crippen LogP contribution in [0.5, 0.6) is 5.75 Å². The molecule has 1 N–H and O–H groups in total. The van der Waals surface area contributed by atoms with Crippen molar-refractivity contribution in [2.24, 2.45) is 5.11 Å². The smallest absolute Gasteiger partial charge is 0.494 e. The van der Waals surface area contributed by atoms with Crippen molar-refractivity contribution in [1.29, 1.82) is 0 Å². The molecule has 1 atom stereocenters. The van der Waals surface area contributed by atoms with Crippen molar-refractivity contribution in [3.8, 4) is 5.75 Å². The quantitative estimate of drug-likeness (QED) is 0.598. The second-order valence-electron chi connectivity index (χ2n) is 7.74. The number of nitrogens with one attached hydrogen (secondary N) is 1. The third-order valence-electron chi connectivity index (χ3n) is 4.35. The molecule has 0 spiro atoms. The van der Waals surface area contributed by atoms with Gasteiger partial charge in [-0.15, -0.1) is 0 Å². The molecule has 1 aromatic carbocycles. The summed E-state index contributed by atoms with van der Waals surface area (Å²) in [6, 6.07) is 7.49. The fourth-order valence-corrected chi connectivity index (χ4v) is 3.23. The van der Waals surface area contributed by atoms with E-state index in [2.05, 4.69) is 10.4 Å². The number of carbonyl (C=O) groups is 3. The Kier molecular flexibility index (Phi) is 5.35. The molecule has 0 aromatic heterocycles. The van der Waals surface area contributed by atoms with Crippen molar-refractivity contribution in [3.05, 3.63) is 24.3 Å². The minimum Gasteiger partial charge on any atom is -0.494 e. The molecule has 2 aliphatic heterocycles. The average molecular weight is 388 g/mol. The molecular weight excluding hydrogens is 362 g/mol. The second kappa shape index (κ2) is 7.57. The minimum absolute atomic E-state index is 0.288. The van der Waals surface area contributed by atoms with Gasteiger partial charge < -0.3 is 15.0 Å². The fraction of sp³-hybridized carbons (Fsp3) is 0.526. The Labute approximate surface area is 163 Å². The molecule has 2 aliphatic rings. The zero-order chi connectivity index (χ0) is 20.5. The normalized spacial score (nSPS) is 19.4. The summed E-state index contributed by atoms with van der Waals surface area (Å²) in [5, 5.41) is 7.16. The first-order valence-electron chi connectivity index (χ1n) is 9.33. The van der Waals surface area contributed by atoms with Crippen LogP contribution in [-0.4, -0.2) is 65.4 Å². The van der Waals surface area contributed by atoms with Gasteiger partial charge in [-0.25, -0.2) is 4.79 Å². The SMILES string of the molecule is CCOc1ccc(N2CCN3C(=O)C(=O)[N+](CC(=O)NC(C)(C)C)=NC32)cc1. The predicted octanol–water partition coefficient (Wildman–Crippen LogP) is 0.937. The van der Waals surface area contributed by atoms with Crippen molar-refractivity contribution in [1.82, 2.24) is 10.2 Å². The van der Waals surface area contributed by atoms with Crippen LogP contribution in [0.25, 0.3) is 0 Å². The molecule has 9 nitrogen and oxygen atoms in total. The lowest BCUT2D eigenvalue weighted by Gasteiger charge is -2.27. The maximum absolute atomic E-state index is 12.5. The molecular formula is C19H26N5O4+. The van der Waals surface area contributed by atoms with E-state index in [9.17, 15) is 14.4 Å². The molecule has 0 radical (unpaired) electrons. The molecule has 0 aliphatic carbocycles. The number of fused-ring (bicyclic) bond motifs is 1. The van der Waals surface area contributed by atoms with Crippen LogP contribution >= 0.6 is 0 Å². The third-order valence-corrected chi connectivity index (χ3v) is 4.35. The number of ether oxygens (including phenoxy) is 1. The minimum atomic E-state index is -0.783. The summed E-state index contributed by atoms with van der Waals surface area (Å²) in [5.41, 5.74) is 0.425. The molecule has 9 heteroatoms. The average Bonchev–Trinajstić information content (AvgIpc) is 3.02. The maximum atomic E-state index is 12.5. The summed E-state index contributed by atoms with van der Waals surface area (Å²) in [4.78, 5) is 40.4. The van der Waals surface area contributed by atoms with Crippen LogP contribution in [0.4, 0.5) is 5.69 Å². The first kappa shape index (κ1) is 19.8. The molecule has 1 aromatic rings. The van der Waals surface area contributed by atoms with E-state index in [0.29, 0.717) is 19.7 Å². The van der Waals surface area contributed by atoms with E-state index >= 15 is 0 Å². The van der Waals surface area contributed by atoms with Crippen molar-refractivity contribution in [3.63, 3.8) is 0 Å². The fourth-order valence-electron chi connectivity index (χ4n) is 3.23. The molecule has 1 unspecified atom stereocenters. The van der Waals surface area contributed by atoms with Crippen molar-refractivity contribution >= 4 is 23.4 Å². The van der Waals surface area contributed by atoms with Gasteiger partial charge in [-0.1, -0.05) is 0 Å². The lowest BCUT2D eigenvalue weighted by Crippen LogP contribution is -2.54. The number of hydrogen-bond acceptors (Lipinski definition) is 6. The molecule has 1 saturated heterocycles. The second-order valence-corrected chi connectivity index (χ2v) is 7.74. The predicted molar refractivity (Wildman–Crippen MR) is 101 cm³/mol. The number of anilines is 1. The van der Waals surface area contributed by atoms with Crippen LogP contribution in [0, 0.1) is 0 Å². The molecule has 2 heterocycles. The highest BCUT2D eigenvalue weighted by Gasteiger charge is 2.49. The Hall–Kier alpha value is -2.97. The van der Waals surface area contributed by atoms with Gasteiger partial charge in [0.25, 0.3) is 18.7 Å². The maximum Gasteiger partial charge on any atom is 0.502 e. The van der Waals surface area contributed by atoms with Crippen molar-refractivity contribution in [2.45, 2.75) is 39.5 Å². The Balaban J connectivity index is 1.82. The molecule has 0 saturated carbocycles. The summed E-state index contributed by atoms with van der Waals surface area (Å²) >= 11 is 0. The Morgan fingerprint density at radius 3 is 2.46 bits per heavy atom. The number of benzene rings is 1. The van der Waals surface area contributed by atoms with Crippen LogP contribution in [0.2, 0.25) is 0 Å². The van der Waals surface area contributed by atoms with Crippen LogP contribution in [0.3, 0.4) is 0 Å². The topological polar surface area (TPSA) is 94.3 Å². The van der Waals surface area contributed by atoms with Crippen molar-refractivity contribution < 1.29 is 23.8 Å². The molecule has 28 heavy (non-hydrogen) atoms. The Bertz CT molecular complexity index is 813. The summed E-state index contributed by atoms with van der Waals surface area (Å²) in [6.07, 6.45) is -0.648. The van der Waals surface area contributed by atoms with Crippen LogP contribution in [0.15, 0.2) is 29.4 Å². The Morgan fingerprint density at radius 1 is 1.21 bits per heavy atom. The van der Waals surface area contributed by atoms with E-state index in [1.54, 1.807) is 0 Å². The highest BCUT2D eigenvalue weighted by Crippen LogP contribution is 2.28. The molecule has 150 valence electrons. The number of nitrogens with zero attached hydrogens (tertiary/aromatic N) is 4. The largest absolute Gasteiger partial charge is 0.502 e. The van der Waals surface area contributed by atoms with Gasteiger partial charge in [-0.3, -0.25) is 14.5 Å². The highest BCUT2D eigenvalue weighted by atomic mass is 16.5. The summed E-state index contributed by atoms with van der Waals surface area (Å²) in [6.45, 7) is 8.68. The Morgan fingerprint density at radius 2 is 1.86 bits per heavy atom. The zero-order valence-electron chi connectivity index (χ0n) is 16.6. The zero-order valence-corrected chi connectivity index (χ0v) is 16.6. The monoisotopic (exact) mass is 388 g/mol. The number of rotatable bonds is 5. The van der Waals surface area contributed by atoms with E-state index in [-0.39, 0.29) is 12.5 Å². The number of azo groups is 2. The molecule has 3 rings (SSSR count). The molecule has 1 fully saturated rings. The third kappa shape index (κ3) is 4.13. The standard InChI is InChI=1S/C19H25N5O4/c1-5-28-14-8-6-13(7-9-14)22-10-11-23-16(26)17(27)24(21-18(22)23)12-15(25)20-19(2,3)4/h6-9,18H,5,10-12H2,1-4H3/p+1. The van der Waals surface area contributed by atoms with Crippen LogP contribution in [-0.2, 0) is 14.4 Å². The number of carbonyl (C=O) groups excluding carboxylic acids is 3. The molecule has 0 bridgehead atoms. The molecule has 3 amide bonds. The summed E-state index contributed by atoms with van der Waals surface area (Å²) < 4.78 is 6.43. The van der Waals surface area contributed by atoms with Gasteiger partial charge in [0.05, 0.1) is 6.61 Å². The van der Waals surface area contributed by atoms with Gasteiger partial charge in [-0.2, -0.15) is 0 Å².